The Morgan fingerprint density at radius 2 is 1.88 bits per heavy atom. The van der Waals surface area contributed by atoms with Crippen LogP contribution >= 0.6 is 11.8 Å². The van der Waals surface area contributed by atoms with Gasteiger partial charge in [0, 0.05) is 6.08 Å². The molecule has 0 amide bonds. The van der Waals surface area contributed by atoms with E-state index in [0.29, 0.717) is 21.7 Å². The molecule has 2 aromatic heterocycles. The lowest BCUT2D eigenvalue weighted by atomic mass is 9.96. The summed E-state index contributed by atoms with van der Waals surface area (Å²) in [6.45, 7) is 0. The van der Waals surface area contributed by atoms with Gasteiger partial charge in [0.2, 0.25) is 0 Å². The van der Waals surface area contributed by atoms with Crippen LogP contribution in [-0.2, 0) is 0 Å². The quantitative estimate of drug-likeness (QED) is 0.427. The van der Waals surface area contributed by atoms with Gasteiger partial charge < -0.3 is 15.1 Å². The Balaban J connectivity index is 1.41. The number of furan rings is 1. The van der Waals surface area contributed by atoms with Gasteiger partial charge in [-0.05, 0) is 48.2 Å². The van der Waals surface area contributed by atoms with Crippen LogP contribution in [0.2, 0.25) is 0 Å². The molecule has 0 spiro atoms. The minimum atomic E-state index is -0.754. The van der Waals surface area contributed by atoms with E-state index in [9.17, 15) is 10.5 Å². The second-order valence-corrected chi connectivity index (χ2v) is 8.24. The first-order valence-corrected chi connectivity index (χ1v) is 10.9. The number of nitrogens with one attached hydrogen (secondary N) is 1. The highest BCUT2D eigenvalue weighted by Crippen LogP contribution is 2.31. The highest BCUT2D eigenvalue weighted by Gasteiger charge is 2.37. The molecule has 2 atom stereocenters. The number of rotatable bonds is 5. The smallest absolute Gasteiger partial charge is 0.174 e. The summed E-state index contributed by atoms with van der Waals surface area (Å²) in [5.74, 6) is -0.285. The molecule has 2 aromatic carbocycles. The van der Waals surface area contributed by atoms with E-state index in [2.05, 4.69) is 27.2 Å². The van der Waals surface area contributed by atoms with Crippen LogP contribution in [0.25, 0.3) is 17.1 Å². The van der Waals surface area contributed by atoms with Gasteiger partial charge in [-0.3, -0.25) is 0 Å². The van der Waals surface area contributed by atoms with E-state index < -0.39 is 12.1 Å². The number of aromatic amines is 1. The second kappa shape index (κ2) is 8.67. The van der Waals surface area contributed by atoms with Crippen molar-refractivity contribution in [2.75, 3.05) is 5.01 Å². The standard InChI is InChI=1S/C24H17N7OS/c25-13-15(22-18(14-26)23(27)31(30-22)16-6-2-1-3-7-16)12-17-10-11-21(32-17)33-24-28-19-8-4-5-9-20(19)29-24/h1-12,18,23H,27H2,(H,28,29)/b15-12-/t18-,23+/m1/s1. The van der Waals surface area contributed by atoms with Crippen molar-refractivity contribution in [3.8, 4) is 12.1 Å². The van der Waals surface area contributed by atoms with E-state index in [1.165, 1.54) is 11.8 Å². The van der Waals surface area contributed by atoms with Crippen molar-refractivity contribution in [3.63, 3.8) is 0 Å². The summed E-state index contributed by atoms with van der Waals surface area (Å²) >= 11 is 1.35. The van der Waals surface area contributed by atoms with Crippen LogP contribution in [0.3, 0.4) is 0 Å². The van der Waals surface area contributed by atoms with Gasteiger partial charge in [0.1, 0.15) is 23.9 Å². The fraction of sp³-hybridized carbons (Fsp3) is 0.0833. The average Bonchev–Trinajstić information content (AvgIpc) is 3.54. The Morgan fingerprint density at radius 1 is 1.09 bits per heavy atom. The van der Waals surface area contributed by atoms with Crippen molar-refractivity contribution in [1.29, 1.82) is 10.5 Å². The summed E-state index contributed by atoms with van der Waals surface area (Å²) in [5.41, 5.74) is 9.39. The summed E-state index contributed by atoms with van der Waals surface area (Å²) in [4.78, 5) is 7.77. The van der Waals surface area contributed by atoms with Crippen LogP contribution in [0.5, 0.6) is 0 Å². The monoisotopic (exact) mass is 451 g/mol. The zero-order chi connectivity index (χ0) is 22.8. The number of hydrazone groups is 1. The Bertz CT molecular complexity index is 1420. The number of nitrogens with zero attached hydrogens (tertiary/aromatic N) is 5. The molecule has 4 aromatic rings. The molecule has 0 saturated heterocycles. The van der Waals surface area contributed by atoms with Gasteiger partial charge in [0.25, 0.3) is 0 Å². The number of anilines is 1. The van der Waals surface area contributed by atoms with Crippen LogP contribution in [0.15, 0.2) is 92.1 Å². The molecule has 160 valence electrons. The topological polar surface area (TPSA) is 131 Å². The second-order valence-electron chi connectivity index (χ2n) is 7.25. The molecule has 33 heavy (non-hydrogen) atoms. The predicted molar refractivity (Wildman–Crippen MR) is 126 cm³/mol. The van der Waals surface area contributed by atoms with Gasteiger partial charge in [-0.1, -0.05) is 30.3 Å². The maximum Gasteiger partial charge on any atom is 0.174 e. The number of fused-ring (bicyclic) bond motifs is 1. The van der Waals surface area contributed by atoms with Crippen molar-refractivity contribution in [3.05, 3.63) is 78.1 Å². The van der Waals surface area contributed by atoms with Crippen LogP contribution in [-0.4, -0.2) is 21.8 Å². The lowest BCUT2D eigenvalue weighted by Gasteiger charge is -2.21. The molecule has 0 radical (unpaired) electrons. The average molecular weight is 452 g/mol. The van der Waals surface area contributed by atoms with E-state index in [-0.39, 0.29) is 5.57 Å². The third kappa shape index (κ3) is 3.99. The third-order valence-corrected chi connectivity index (χ3v) is 5.95. The zero-order valence-corrected chi connectivity index (χ0v) is 18.0. The summed E-state index contributed by atoms with van der Waals surface area (Å²) in [5, 5.41) is 26.9. The molecule has 1 aliphatic heterocycles. The van der Waals surface area contributed by atoms with E-state index in [1.807, 2.05) is 54.6 Å². The molecule has 8 nitrogen and oxygen atoms in total. The van der Waals surface area contributed by atoms with Crippen molar-refractivity contribution in [2.45, 2.75) is 16.4 Å². The number of para-hydroxylation sites is 3. The Morgan fingerprint density at radius 3 is 2.64 bits per heavy atom. The van der Waals surface area contributed by atoms with Crippen molar-refractivity contribution >= 4 is 40.3 Å². The first-order chi connectivity index (χ1) is 16.2. The first kappa shape index (κ1) is 20.6. The highest BCUT2D eigenvalue weighted by molar-refractivity contribution is 7.99. The molecule has 3 N–H and O–H groups in total. The number of nitriles is 2. The molecule has 0 unspecified atom stereocenters. The van der Waals surface area contributed by atoms with E-state index in [0.717, 1.165) is 16.7 Å². The minimum Gasteiger partial charge on any atom is -0.450 e. The fourth-order valence-corrected chi connectivity index (χ4v) is 4.33. The molecule has 9 heteroatoms. The van der Waals surface area contributed by atoms with E-state index >= 15 is 0 Å². The molecule has 3 heterocycles. The number of allylic oxidation sites excluding steroid dienone is 1. The Kier molecular flexibility index (Phi) is 5.41. The molecular formula is C24H17N7OS. The largest absolute Gasteiger partial charge is 0.450 e. The van der Waals surface area contributed by atoms with Gasteiger partial charge in [0.05, 0.1) is 34.1 Å². The summed E-state index contributed by atoms with van der Waals surface area (Å²) in [7, 11) is 0. The highest BCUT2D eigenvalue weighted by atomic mass is 32.2. The van der Waals surface area contributed by atoms with Gasteiger partial charge in [0.15, 0.2) is 10.2 Å². The number of benzene rings is 2. The maximum atomic E-state index is 9.80. The van der Waals surface area contributed by atoms with Crippen LogP contribution in [0, 0.1) is 28.6 Å². The summed E-state index contributed by atoms with van der Waals surface area (Å²) in [6.07, 6.45) is 0.882. The summed E-state index contributed by atoms with van der Waals surface area (Å²) in [6, 6.07) is 25.0. The minimum absolute atomic E-state index is 0.227. The molecule has 0 aliphatic carbocycles. The first-order valence-electron chi connectivity index (χ1n) is 10.1. The van der Waals surface area contributed by atoms with Crippen LogP contribution in [0.4, 0.5) is 5.69 Å². The maximum absolute atomic E-state index is 9.80. The summed E-state index contributed by atoms with van der Waals surface area (Å²) < 4.78 is 5.88. The number of hydrogen-bond acceptors (Lipinski definition) is 8. The van der Waals surface area contributed by atoms with E-state index in [4.69, 9.17) is 10.2 Å². The molecule has 5 rings (SSSR count). The molecular weight excluding hydrogens is 434 g/mol. The number of hydrogen-bond donors (Lipinski definition) is 2. The molecule has 0 saturated carbocycles. The lowest BCUT2D eigenvalue weighted by molar-refractivity contribution is 0.466. The Labute approximate surface area is 193 Å². The van der Waals surface area contributed by atoms with Gasteiger partial charge in [-0.15, -0.1) is 0 Å². The number of imidazole rings is 1. The van der Waals surface area contributed by atoms with Gasteiger partial charge >= 0.3 is 0 Å². The predicted octanol–water partition coefficient (Wildman–Crippen LogP) is 4.51. The number of nitrogens with two attached hydrogens (primary N) is 1. The number of aromatic nitrogens is 2. The molecule has 0 bridgehead atoms. The molecule has 1 aliphatic rings. The van der Waals surface area contributed by atoms with Crippen molar-refractivity contribution < 1.29 is 4.42 Å². The SMILES string of the molecule is N#C/C(=C/c1ccc(Sc2nc3ccccc3[nH]2)o1)C1=NN(c2ccccc2)[C@H](N)[C@@H]1C#N. The van der Waals surface area contributed by atoms with Gasteiger partial charge in [-0.2, -0.15) is 15.6 Å². The van der Waals surface area contributed by atoms with E-state index in [1.54, 1.807) is 23.2 Å². The zero-order valence-electron chi connectivity index (χ0n) is 17.2. The van der Waals surface area contributed by atoms with Crippen molar-refractivity contribution in [1.82, 2.24) is 9.97 Å². The Hall–Kier alpha value is -4.31. The fourth-order valence-electron chi connectivity index (χ4n) is 3.56. The lowest BCUT2D eigenvalue weighted by Crippen LogP contribution is -2.40. The third-order valence-electron chi connectivity index (χ3n) is 5.14. The molecule has 0 fully saturated rings. The normalized spacial score (nSPS) is 18.2. The van der Waals surface area contributed by atoms with Crippen molar-refractivity contribution in [2.24, 2.45) is 16.8 Å². The van der Waals surface area contributed by atoms with Gasteiger partial charge in [-0.25, -0.2) is 9.99 Å². The van der Waals surface area contributed by atoms with Crippen LogP contribution < -0.4 is 10.7 Å². The number of H-pyrrole nitrogens is 1. The van der Waals surface area contributed by atoms with Crippen LogP contribution in [0.1, 0.15) is 5.76 Å².